The van der Waals surface area contributed by atoms with Gasteiger partial charge >= 0.3 is 0 Å². The number of hydrogen-bond donors (Lipinski definition) is 1. The largest absolute Gasteiger partial charge is 0.478 e. The number of anilines is 1. The third-order valence-corrected chi connectivity index (χ3v) is 5.00. The van der Waals surface area contributed by atoms with E-state index >= 15 is 0 Å². The van der Waals surface area contributed by atoms with Gasteiger partial charge in [0.2, 0.25) is 5.88 Å². The van der Waals surface area contributed by atoms with Gasteiger partial charge in [-0.2, -0.15) is 0 Å². The van der Waals surface area contributed by atoms with Crippen LogP contribution in [0.15, 0.2) is 53.0 Å². The first-order chi connectivity index (χ1) is 12.7. The summed E-state index contributed by atoms with van der Waals surface area (Å²) >= 11 is 1.66. The molecule has 2 aliphatic heterocycles. The number of aromatic nitrogens is 1. The highest BCUT2D eigenvalue weighted by molar-refractivity contribution is 8.16. The summed E-state index contributed by atoms with van der Waals surface area (Å²) in [4.78, 5) is 23.2. The van der Waals surface area contributed by atoms with E-state index < -0.39 is 0 Å². The molecule has 0 saturated heterocycles. The summed E-state index contributed by atoms with van der Waals surface area (Å²) < 4.78 is 5.29. The van der Waals surface area contributed by atoms with Gasteiger partial charge < -0.3 is 15.0 Å². The number of ether oxygens (including phenoxy) is 1. The van der Waals surface area contributed by atoms with Crippen LogP contribution in [-0.2, 0) is 0 Å². The molecule has 1 aromatic carbocycles. The molecule has 0 unspecified atom stereocenters. The number of hydrogen-bond acceptors (Lipinski definition) is 6. The van der Waals surface area contributed by atoms with E-state index in [2.05, 4.69) is 25.6 Å². The minimum absolute atomic E-state index is 0.196. The Morgan fingerprint density at radius 2 is 2.12 bits per heavy atom. The van der Waals surface area contributed by atoms with Crippen molar-refractivity contribution >= 4 is 34.2 Å². The minimum atomic E-state index is -0.196. The Bertz CT molecular complexity index is 875. The standard InChI is InChI=1S/C19H18N4O2S/c1-2-25-17-8-5-14(11-21-17)18(24)22-15-6-3-13(4-7-15)16-12-26-19-20-9-10-23(16)19/h3-8,11-12H,2,9-10H2,1H3,(H,22,24). The molecule has 7 heteroatoms. The van der Waals surface area contributed by atoms with E-state index in [1.165, 1.54) is 11.9 Å². The van der Waals surface area contributed by atoms with Crippen LogP contribution in [0.1, 0.15) is 22.8 Å². The number of fused-ring (bicyclic) bond motifs is 1. The average Bonchev–Trinajstić information content (AvgIpc) is 3.27. The van der Waals surface area contributed by atoms with Crippen LogP contribution in [0.25, 0.3) is 5.70 Å². The number of amidine groups is 1. The van der Waals surface area contributed by atoms with E-state index in [0.29, 0.717) is 18.1 Å². The summed E-state index contributed by atoms with van der Waals surface area (Å²) in [5.74, 6) is 0.318. The second kappa shape index (κ2) is 7.21. The molecule has 3 heterocycles. The molecule has 0 fully saturated rings. The quantitative estimate of drug-likeness (QED) is 0.878. The summed E-state index contributed by atoms with van der Waals surface area (Å²) in [6.07, 6.45) is 1.52. The van der Waals surface area contributed by atoms with Gasteiger partial charge in [0.15, 0.2) is 5.17 Å². The van der Waals surface area contributed by atoms with Crippen LogP contribution in [0.3, 0.4) is 0 Å². The molecule has 26 heavy (non-hydrogen) atoms. The maximum absolute atomic E-state index is 12.3. The fourth-order valence-electron chi connectivity index (χ4n) is 2.82. The number of thioether (sulfide) groups is 1. The average molecular weight is 366 g/mol. The number of pyridine rings is 1. The molecule has 132 valence electrons. The lowest BCUT2D eigenvalue weighted by molar-refractivity contribution is 0.102. The molecule has 4 rings (SSSR count). The predicted molar refractivity (Wildman–Crippen MR) is 104 cm³/mol. The maximum Gasteiger partial charge on any atom is 0.257 e. The molecule has 1 N–H and O–H groups in total. The van der Waals surface area contributed by atoms with Gasteiger partial charge in [0.05, 0.1) is 24.4 Å². The Morgan fingerprint density at radius 1 is 1.27 bits per heavy atom. The third kappa shape index (κ3) is 3.30. The van der Waals surface area contributed by atoms with Crippen LogP contribution >= 0.6 is 11.8 Å². The van der Waals surface area contributed by atoms with E-state index in [1.807, 2.05) is 31.2 Å². The van der Waals surface area contributed by atoms with Crippen LogP contribution in [0, 0.1) is 0 Å². The number of amides is 1. The molecular formula is C19H18N4O2S. The van der Waals surface area contributed by atoms with Gasteiger partial charge in [-0.25, -0.2) is 4.98 Å². The molecule has 0 saturated carbocycles. The SMILES string of the molecule is CCOc1ccc(C(=O)Nc2ccc(C3=CSC4=NCCN34)cc2)cn1. The zero-order valence-corrected chi connectivity index (χ0v) is 15.1. The van der Waals surface area contributed by atoms with Crippen molar-refractivity contribution in [2.75, 3.05) is 25.0 Å². The molecule has 2 aromatic rings. The maximum atomic E-state index is 12.3. The first kappa shape index (κ1) is 16.7. The van der Waals surface area contributed by atoms with Crippen molar-refractivity contribution in [1.82, 2.24) is 9.88 Å². The fourth-order valence-corrected chi connectivity index (χ4v) is 3.79. The van der Waals surface area contributed by atoms with E-state index in [9.17, 15) is 4.79 Å². The molecule has 0 spiro atoms. The molecule has 0 radical (unpaired) electrons. The van der Waals surface area contributed by atoms with Crippen LogP contribution < -0.4 is 10.1 Å². The molecule has 1 aromatic heterocycles. The highest BCUT2D eigenvalue weighted by Gasteiger charge is 2.26. The van der Waals surface area contributed by atoms with Crippen molar-refractivity contribution in [3.8, 4) is 5.88 Å². The highest BCUT2D eigenvalue weighted by Crippen LogP contribution is 2.35. The summed E-state index contributed by atoms with van der Waals surface area (Å²) in [5, 5.41) is 6.08. The monoisotopic (exact) mass is 366 g/mol. The number of aliphatic imine (C=N–C) groups is 1. The molecule has 0 bridgehead atoms. The van der Waals surface area contributed by atoms with Gasteiger partial charge in [0.25, 0.3) is 5.91 Å². The smallest absolute Gasteiger partial charge is 0.257 e. The molecule has 2 aliphatic rings. The van der Waals surface area contributed by atoms with Gasteiger partial charge in [-0.1, -0.05) is 23.9 Å². The van der Waals surface area contributed by atoms with Gasteiger partial charge in [0, 0.05) is 29.9 Å². The topological polar surface area (TPSA) is 66.8 Å². The highest BCUT2D eigenvalue weighted by atomic mass is 32.2. The van der Waals surface area contributed by atoms with Crippen LogP contribution in [-0.4, -0.2) is 40.7 Å². The number of nitrogens with one attached hydrogen (secondary N) is 1. The Morgan fingerprint density at radius 3 is 2.85 bits per heavy atom. The van der Waals surface area contributed by atoms with Crippen molar-refractivity contribution in [1.29, 1.82) is 0 Å². The summed E-state index contributed by atoms with van der Waals surface area (Å²) in [7, 11) is 0. The predicted octanol–water partition coefficient (Wildman–Crippen LogP) is 3.45. The van der Waals surface area contributed by atoms with Crippen LogP contribution in [0.5, 0.6) is 5.88 Å². The van der Waals surface area contributed by atoms with Gasteiger partial charge in [-0.3, -0.25) is 9.79 Å². The second-order valence-corrected chi connectivity index (χ2v) is 6.62. The Balaban J connectivity index is 1.42. The normalized spacial score (nSPS) is 15.3. The Hall–Kier alpha value is -2.80. The number of carbonyl (C=O) groups excluding carboxylic acids is 1. The Labute approximate surface area is 156 Å². The fraction of sp³-hybridized carbons (Fsp3) is 0.211. The number of carbonyl (C=O) groups is 1. The summed E-state index contributed by atoms with van der Waals surface area (Å²) in [6.45, 7) is 4.22. The van der Waals surface area contributed by atoms with Crippen LogP contribution in [0.2, 0.25) is 0 Å². The minimum Gasteiger partial charge on any atom is -0.478 e. The zero-order valence-electron chi connectivity index (χ0n) is 14.3. The number of rotatable bonds is 5. The van der Waals surface area contributed by atoms with Crippen molar-refractivity contribution in [3.63, 3.8) is 0 Å². The molecule has 1 amide bonds. The summed E-state index contributed by atoms with van der Waals surface area (Å²) in [5.41, 5.74) is 3.52. The molecule has 6 nitrogen and oxygen atoms in total. The van der Waals surface area contributed by atoms with Crippen molar-refractivity contribution < 1.29 is 9.53 Å². The Kier molecular flexibility index (Phi) is 4.62. The van der Waals surface area contributed by atoms with Crippen molar-refractivity contribution in [3.05, 3.63) is 59.1 Å². The first-order valence-electron chi connectivity index (χ1n) is 8.44. The van der Waals surface area contributed by atoms with Crippen molar-refractivity contribution in [2.24, 2.45) is 4.99 Å². The second-order valence-electron chi connectivity index (χ2n) is 5.79. The van der Waals surface area contributed by atoms with Gasteiger partial charge in [-0.05, 0) is 30.7 Å². The number of nitrogens with zero attached hydrogens (tertiary/aromatic N) is 3. The van der Waals surface area contributed by atoms with Gasteiger partial charge in [0.1, 0.15) is 0 Å². The van der Waals surface area contributed by atoms with Crippen molar-refractivity contribution in [2.45, 2.75) is 6.92 Å². The lowest BCUT2D eigenvalue weighted by atomic mass is 10.1. The zero-order chi connectivity index (χ0) is 17.9. The lowest BCUT2D eigenvalue weighted by Crippen LogP contribution is -2.19. The van der Waals surface area contributed by atoms with E-state index in [1.54, 1.807) is 23.9 Å². The lowest BCUT2D eigenvalue weighted by Gasteiger charge is -2.16. The van der Waals surface area contributed by atoms with E-state index in [4.69, 9.17) is 4.74 Å². The third-order valence-electron chi connectivity index (χ3n) is 4.10. The first-order valence-corrected chi connectivity index (χ1v) is 9.32. The number of benzene rings is 1. The molecule has 0 aliphatic carbocycles. The summed E-state index contributed by atoms with van der Waals surface area (Å²) in [6, 6.07) is 11.2. The van der Waals surface area contributed by atoms with E-state index in [0.717, 1.165) is 29.5 Å². The molecule has 0 atom stereocenters. The van der Waals surface area contributed by atoms with Gasteiger partial charge in [-0.15, -0.1) is 0 Å². The van der Waals surface area contributed by atoms with Crippen LogP contribution in [0.4, 0.5) is 5.69 Å². The molecular weight excluding hydrogens is 348 g/mol. The van der Waals surface area contributed by atoms with E-state index in [-0.39, 0.29) is 5.91 Å².